The van der Waals surface area contributed by atoms with Gasteiger partial charge in [-0.1, -0.05) is 79.8 Å². The second kappa shape index (κ2) is 27.5. The molecule has 0 radical (unpaired) electrons. The Hall–Kier alpha value is -3.18. The normalized spacial score (nSPS) is 17.7. The number of aryl methyl sites for hydroxylation is 1. The van der Waals surface area contributed by atoms with Crippen molar-refractivity contribution >= 4 is 14.4 Å². The van der Waals surface area contributed by atoms with Gasteiger partial charge in [-0.15, -0.1) is 0 Å². The maximum absolute atomic E-state index is 12.2. The number of aromatic amines is 1. The number of nitrogens with zero attached hydrogens (tertiary/aromatic N) is 2. The number of ether oxygens (including phenoxy) is 1. The Morgan fingerprint density at radius 2 is 1.52 bits per heavy atom. The molecule has 0 aromatic carbocycles. The summed E-state index contributed by atoms with van der Waals surface area (Å²) in [6, 6.07) is 0. The van der Waals surface area contributed by atoms with Crippen molar-refractivity contribution in [1.82, 2.24) is 24.9 Å². The van der Waals surface area contributed by atoms with Crippen LogP contribution < -0.4 is 21.7 Å². The van der Waals surface area contributed by atoms with Gasteiger partial charge in [0.2, 0.25) is 5.91 Å². The van der Waals surface area contributed by atoms with Crippen LogP contribution in [0, 0.1) is 6.92 Å². The molecule has 1 aromatic rings. The van der Waals surface area contributed by atoms with Crippen LogP contribution in [0.4, 0.5) is 0 Å². The van der Waals surface area contributed by atoms with Gasteiger partial charge in [-0.3, -0.25) is 19.1 Å². The van der Waals surface area contributed by atoms with Crippen molar-refractivity contribution in [3.63, 3.8) is 0 Å². The second-order valence-electron chi connectivity index (χ2n) is 12.0. The number of rotatable bonds is 26. The zero-order chi connectivity index (χ0) is 36.2. The standard InChI is InChI=1S/C38H60N5O6P/c1-5-6-7-8-9-10-11-12-13-14-15-16-17-18-19-20-21-22-23-24-35(44)39-27-29-42(3)30-28-40-50(47-4)48-32-34-25-26-36(49-34)43-31-33(2)37(45)41-38(43)46/h6-7,9-10,12-13,15-16,18-19,21-22,31,34,36,40H,5,8,11,14,17,20,23-30,32H2,1-4H3,(H,39,44)(H,41,45,46)/b7-6-,10-9-,13-12-,16-15-,19-18-,22-21-. The molecule has 2 rings (SSSR count). The van der Waals surface area contributed by atoms with Crippen LogP contribution in [0.1, 0.15) is 82.9 Å². The summed E-state index contributed by atoms with van der Waals surface area (Å²) in [6.45, 7) is 6.89. The molecule has 1 saturated heterocycles. The smallest absolute Gasteiger partial charge is 0.330 e. The van der Waals surface area contributed by atoms with Crippen LogP contribution in [-0.4, -0.2) is 73.4 Å². The third kappa shape index (κ3) is 19.9. The lowest BCUT2D eigenvalue weighted by Crippen LogP contribution is -2.35. The fourth-order valence-corrected chi connectivity index (χ4v) is 5.81. The molecule has 3 unspecified atom stereocenters. The maximum Gasteiger partial charge on any atom is 0.330 e. The first-order valence-corrected chi connectivity index (χ1v) is 19.0. The number of carbonyl (C=O) groups is 1. The van der Waals surface area contributed by atoms with E-state index in [9.17, 15) is 14.4 Å². The van der Waals surface area contributed by atoms with Crippen molar-refractivity contribution in [2.75, 3.05) is 46.9 Å². The molecule has 0 spiro atoms. The van der Waals surface area contributed by atoms with Crippen molar-refractivity contribution in [1.29, 1.82) is 0 Å². The first kappa shape index (κ1) is 43.0. The molecule has 0 saturated carbocycles. The number of amides is 1. The molecule has 2 heterocycles. The number of carbonyl (C=O) groups excluding carboxylic acids is 1. The van der Waals surface area contributed by atoms with E-state index in [2.05, 4.69) is 100 Å². The number of hydrogen-bond donors (Lipinski definition) is 3. The largest absolute Gasteiger partial charge is 0.355 e. The minimum absolute atomic E-state index is 0.0595. The van der Waals surface area contributed by atoms with Gasteiger partial charge in [0, 0.05) is 51.5 Å². The van der Waals surface area contributed by atoms with Crippen molar-refractivity contribution in [3.8, 4) is 0 Å². The lowest BCUT2D eigenvalue weighted by Gasteiger charge is -2.21. The quantitative estimate of drug-likeness (QED) is 0.0732. The monoisotopic (exact) mass is 713 g/mol. The van der Waals surface area contributed by atoms with Crippen LogP contribution in [0.15, 0.2) is 88.7 Å². The lowest BCUT2D eigenvalue weighted by molar-refractivity contribution is -0.121. The van der Waals surface area contributed by atoms with E-state index >= 15 is 0 Å². The van der Waals surface area contributed by atoms with Crippen molar-refractivity contribution in [2.45, 2.75) is 90.4 Å². The summed E-state index contributed by atoms with van der Waals surface area (Å²) in [5, 5.41) is 6.28. The summed E-state index contributed by atoms with van der Waals surface area (Å²) < 4.78 is 18.8. The third-order valence-corrected chi connectivity index (χ3v) is 8.97. The summed E-state index contributed by atoms with van der Waals surface area (Å²) in [6.07, 6.45) is 35.5. The molecule has 1 fully saturated rings. The topological polar surface area (TPSA) is 127 Å². The Kier molecular flexibility index (Phi) is 23.7. The molecule has 3 N–H and O–H groups in total. The predicted octanol–water partition coefficient (Wildman–Crippen LogP) is 6.53. The molecular formula is C38H60N5O6P. The highest BCUT2D eigenvalue weighted by Crippen LogP contribution is 2.35. The summed E-state index contributed by atoms with van der Waals surface area (Å²) in [4.78, 5) is 40.5. The molecule has 1 aliphatic rings. The highest BCUT2D eigenvalue weighted by Gasteiger charge is 2.28. The van der Waals surface area contributed by atoms with E-state index < -0.39 is 20.4 Å². The number of hydrogen-bond acceptors (Lipinski definition) is 8. The first-order chi connectivity index (χ1) is 24.3. The molecule has 1 aliphatic heterocycles. The molecular weight excluding hydrogens is 653 g/mol. The highest BCUT2D eigenvalue weighted by atomic mass is 31.2. The van der Waals surface area contributed by atoms with Crippen molar-refractivity contribution < 1.29 is 18.6 Å². The van der Waals surface area contributed by atoms with Gasteiger partial charge in [0.15, 0.2) is 0 Å². The fraction of sp³-hybridized carbons (Fsp3) is 0.553. The van der Waals surface area contributed by atoms with E-state index in [1.54, 1.807) is 14.0 Å². The van der Waals surface area contributed by atoms with E-state index in [1.807, 2.05) is 7.05 Å². The number of H-pyrrole nitrogens is 1. The van der Waals surface area contributed by atoms with Crippen LogP contribution in [-0.2, 0) is 18.6 Å². The van der Waals surface area contributed by atoms with Gasteiger partial charge in [-0.25, -0.2) is 9.88 Å². The average Bonchev–Trinajstić information content (AvgIpc) is 3.57. The van der Waals surface area contributed by atoms with Gasteiger partial charge >= 0.3 is 5.69 Å². The van der Waals surface area contributed by atoms with E-state index in [0.717, 1.165) is 64.5 Å². The molecule has 3 atom stereocenters. The lowest BCUT2D eigenvalue weighted by atomic mass is 10.2. The Morgan fingerprint density at radius 3 is 2.12 bits per heavy atom. The van der Waals surface area contributed by atoms with E-state index in [1.165, 1.54) is 10.8 Å². The minimum atomic E-state index is -1.30. The van der Waals surface area contributed by atoms with Crippen molar-refractivity contribution in [2.24, 2.45) is 0 Å². The van der Waals surface area contributed by atoms with Crippen LogP contribution in [0.2, 0.25) is 0 Å². The number of likely N-dealkylation sites (N-methyl/N-ethyl adjacent to an activating group) is 1. The third-order valence-electron chi connectivity index (χ3n) is 7.77. The van der Waals surface area contributed by atoms with E-state index in [0.29, 0.717) is 38.1 Å². The summed E-state index contributed by atoms with van der Waals surface area (Å²) in [5.41, 5.74) is -0.397. The van der Waals surface area contributed by atoms with Gasteiger partial charge < -0.3 is 24.0 Å². The molecule has 278 valence electrons. The molecule has 1 amide bonds. The average molecular weight is 714 g/mol. The molecule has 0 bridgehead atoms. The van der Waals surface area contributed by atoms with Gasteiger partial charge in [0.1, 0.15) is 6.23 Å². The van der Waals surface area contributed by atoms with Gasteiger partial charge in [-0.2, -0.15) is 0 Å². The fourth-order valence-electron chi connectivity index (χ4n) is 4.90. The summed E-state index contributed by atoms with van der Waals surface area (Å²) >= 11 is 0. The maximum atomic E-state index is 12.2. The molecule has 12 heteroatoms. The van der Waals surface area contributed by atoms with E-state index in [4.69, 9.17) is 13.8 Å². The molecule has 0 aliphatic carbocycles. The second-order valence-corrected chi connectivity index (χ2v) is 13.5. The number of allylic oxidation sites excluding steroid dienone is 12. The van der Waals surface area contributed by atoms with Crippen molar-refractivity contribution in [3.05, 3.63) is 106 Å². The molecule has 50 heavy (non-hydrogen) atoms. The Morgan fingerprint density at radius 1 is 0.940 bits per heavy atom. The first-order valence-electron chi connectivity index (χ1n) is 17.9. The predicted molar refractivity (Wildman–Crippen MR) is 205 cm³/mol. The number of nitrogens with one attached hydrogen (secondary N) is 3. The highest BCUT2D eigenvalue weighted by molar-refractivity contribution is 7.44. The zero-order valence-electron chi connectivity index (χ0n) is 30.6. The van der Waals surface area contributed by atoms with Crippen LogP contribution in [0.3, 0.4) is 0 Å². The van der Waals surface area contributed by atoms with Gasteiger partial charge in [-0.05, 0) is 71.8 Å². The minimum Gasteiger partial charge on any atom is -0.355 e. The summed E-state index contributed by atoms with van der Waals surface area (Å²) in [7, 11) is 2.31. The van der Waals surface area contributed by atoms with Gasteiger partial charge in [0.05, 0.1) is 12.7 Å². The van der Waals surface area contributed by atoms with E-state index in [-0.39, 0.29) is 17.6 Å². The Bertz CT molecular complexity index is 1380. The Labute approximate surface area is 300 Å². The molecule has 1 aromatic heterocycles. The van der Waals surface area contributed by atoms with Crippen LogP contribution in [0.5, 0.6) is 0 Å². The van der Waals surface area contributed by atoms with Gasteiger partial charge in [0.25, 0.3) is 14.1 Å². The van der Waals surface area contributed by atoms with Crippen LogP contribution >= 0.6 is 8.53 Å². The summed E-state index contributed by atoms with van der Waals surface area (Å²) in [5.74, 6) is 0.0595. The zero-order valence-corrected chi connectivity index (χ0v) is 31.5. The molecule has 11 nitrogen and oxygen atoms in total. The Balaban J connectivity index is 1.45. The van der Waals surface area contributed by atoms with Crippen LogP contribution in [0.25, 0.3) is 0 Å². The number of aromatic nitrogens is 2. The SMILES string of the molecule is CC/C=C\C/C=C\C/C=C\C/C=C\C/C=C\C/C=C\CCC(=O)NCCN(C)CCNP(OC)OCC1CCC(n2cc(C)c(=O)[nH]c2=O)O1.